The quantitative estimate of drug-likeness (QED) is 0.781. The summed E-state index contributed by atoms with van der Waals surface area (Å²) in [7, 11) is -3.15. The first-order valence-corrected chi connectivity index (χ1v) is 11.8. The van der Waals surface area contributed by atoms with Crippen molar-refractivity contribution < 1.29 is 8.42 Å². The SMILES string of the molecule is Cc1ccc(NCC2CCC(NS(=O)(=O)C(C)C)CC2)c2c1CCCC2. The van der Waals surface area contributed by atoms with E-state index in [1.54, 1.807) is 19.4 Å². The van der Waals surface area contributed by atoms with Crippen molar-refractivity contribution in [2.75, 3.05) is 11.9 Å². The summed E-state index contributed by atoms with van der Waals surface area (Å²) in [5.74, 6) is 0.635. The van der Waals surface area contributed by atoms with E-state index in [1.807, 2.05) is 0 Å². The van der Waals surface area contributed by atoms with Crippen LogP contribution in [-0.2, 0) is 22.9 Å². The van der Waals surface area contributed by atoms with Gasteiger partial charge in [-0.05, 0) is 101 Å². The van der Waals surface area contributed by atoms with Gasteiger partial charge in [-0.15, -0.1) is 0 Å². The molecular weight excluding hydrogens is 344 g/mol. The van der Waals surface area contributed by atoms with E-state index in [4.69, 9.17) is 0 Å². The predicted molar refractivity (Wildman–Crippen MR) is 109 cm³/mol. The lowest BCUT2D eigenvalue weighted by molar-refractivity contribution is 0.323. The highest BCUT2D eigenvalue weighted by Crippen LogP contribution is 2.32. The van der Waals surface area contributed by atoms with Crippen molar-refractivity contribution in [2.24, 2.45) is 5.92 Å². The summed E-state index contributed by atoms with van der Waals surface area (Å²) >= 11 is 0. The van der Waals surface area contributed by atoms with Gasteiger partial charge in [-0.3, -0.25) is 0 Å². The molecule has 26 heavy (non-hydrogen) atoms. The van der Waals surface area contributed by atoms with E-state index in [2.05, 4.69) is 29.1 Å². The first-order valence-electron chi connectivity index (χ1n) is 10.2. The molecule has 0 bridgehead atoms. The molecule has 0 spiro atoms. The van der Waals surface area contributed by atoms with E-state index in [-0.39, 0.29) is 11.3 Å². The van der Waals surface area contributed by atoms with Crippen molar-refractivity contribution in [3.63, 3.8) is 0 Å². The van der Waals surface area contributed by atoms with Crippen molar-refractivity contribution >= 4 is 15.7 Å². The number of anilines is 1. The number of aryl methyl sites for hydroxylation is 1. The highest BCUT2D eigenvalue weighted by molar-refractivity contribution is 7.90. The average Bonchev–Trinajstić information content (AvgIpc) is 2.62. The van der Waals surface area contributed by atoms with Gasteiger partial charge in [-0.25, -0.2) is 13.1 Å². The molecular formula is C21H34N2O2S. The largest absolute Gasteiger partial charge is 0.385 e. The minimum absolute atomic E-state index is 0.116. The van der Waals surface area contributed by atoms with Crippen LogP contribution < -0.4 is 10.0 Å². The monoisotopic (exact) mass is 378 g/mol. The Morgan fingerprint density at radius 3 is 2.35 bits per heavy atom. The van der Waals surface area contributed by atoms with E-state index in [9.17, 15) is 8.42 Å². The predicted octanol–water partition coefficient (Wildman–Crippen LogP) is 4.17. The standard InChI is InChI=1S/C21H34N2O2S/c1-15(2)26(24,25)23-18-11-9-17(10-12-18)14-22-21-13-8-16(3)19-6-4-5-7-20(19)21/h8,13,15,17-18,22-23H,4-7,9-12,14H2,1-3H3. The van der Waals surface area contributed by atoms with Crippen LogP contribution in [0.3, 0.4) is 0 Å². The molecule has 0 saturated heterocycles. The Labute approximate surface area is 159 Å². The van der Waals surface area contributed by atoms with Gasteiger partial charge in [0.15, 0.2) is 0 Å². The van der Waals surface area contributed by atoms with E-state index in [0.29, 0.717) is 5.92 Å². The topological polar surface area (TPSA) is 58.2 Å². The summed E-state index contributed by atoms with van der Waals surface area (Å²) < 4.78 is 27.0. The van der Waals surface area contributed by atoms with Crippen LogP contribution in [0.25, 0.3) is 0 Å². The third kappa shape index (κ3) is 4.61. The molecule has 0 radical (unpaired) electrons. The average molecular weight is 379 g/mol. The number of rotatable bonds is 6. The summed E-state index contributed by atoms with van der Waals surface area (Å²) in [4.78, 5) is 0. The van der Waals surface area contributed by atoms with Crippen LogP contribution in [0, 0.1) is 12.8 Å². The molecule has 4 nitrogen and oxygen atoms in total. The van der Waals surface area contributed by atoms with Gasteiger partial charge in [0.2, 0.25) is 10.0 Å². The molecule has 2 aliphatic carbocycles. The third-order valence-electron chi connectivity index (χ3n) is 6.15. The lowest BCUT2D eigenvalue weighted by Gasteiger charge is -2.30. The number of benzene rings is 1. The maximum Gasteiger partial charge on any atom is 0.214 e. The molecule has 0 aliphatic heterocycles. The Kier molecular flexibility index (Phi) is 6.29. The molecule has 2 N–H and O–H groups in total. The van der Waals surface area contributed by atoms with Gasteiger partial charge in [0.1, 0.15) is 0 Å². The molecule has 0 amide bonds. The molecule has 3 rings (SSSR count). The van der Waals surface area contributed by atoms with Crippen molar-refractivity contribution in [2.45, 2.75) is 83.4 Å². The van der Waals surface area contributed by atoms with Crippen LogP contribution in [0.15, 0.2) is 12.1 Å². The first kappa shape index (κ1) is 19.7. The van der Waals surface area contributed by atoms with Gasteiger partial charge in [-0.2, -0.15) is 0 Å². The molecule has 2 aliphatic rings. The normalized spacial score (nSPS) is 23.7. The molecule has 1 saturated carbocycles. The van der Waals surface area contributed by atoms with E-state index < -0.39 is 10.0 Å². The fourth-order valence-electron chi connectivity index (χ4n) is 4.32. The van der Waals surface area contributed by atoms with Crippen LogP contribution in [0.2, 0.25) is 0 Å². The van der Waals surface area contributed by atoms with Crippen molar-refractivity contribution in [3.05, 3.63) is 28.8 Å². The fraction of sp³-hybridized carbons (Fsp3) is 0.714. The lowest BCUT2D eigenvalue weighted by atomic mass is 9.85. The number of nitrogens with one attached hydrogen (secondary N) is 2. The minimum Gasteiger partial charge on any atom is -0.385 e. The lowest BCUT2D eigenvalue weighted by Crippen LogP contribution is -2.41. The maximum absolute atomic E-state index is 12.0. The fourth-order valence-corrected chi connectivity index (χ4v) is 5.29. The molecule has 0 unspecified atom stereocenters. The molecule has 1 aromatic rings. The van der Waals surface area contributed by atoms with Gasteiger partial charge < -0.3 is 5.32 Å². The summed E-state index contributed by atoms with van der Waals surface area (Å²) in [6.07, 6.45) is 9.11. The van der Waals surface area contributed by atoms with Gasteiger partial charge in [0, 0.05) is 18.3 Å². The Hall–Kier alpha value is -1.07. The van der Waals surface area contributed by atoms with Crippen LogP contribution in [0.4, 0.5) is 5.69 Å². The van der Waals surface area contributed by atoms with Gasteiger partial charge in [0.05, 0.1) is 5.25 Å². The van der Waals surface area contributed by atoms with E-state index in [1.165, 1.54) is 42.5 Å². The number of hydrogen-bond acceptors (Lipinski definition) is 3. The molecule has 1 aromatic carbocycles. The zero-order chi connectivity index (χ0) is 18.7. The second-order valence-corrected chi connectivity index (χ2v) is 10.7. The maximum atomic E-state index is 12.0. The zero-order valence-electron chi connectivity index (χ0n) is 16.5. The van der Waals surface area contributed by atoms with Gasteiger partial charge in [-0.1, -0.05) is 6.07 Å². The van der Waals surface area contributed by atoms with Crippen LogP contribution in [0.1, 0.15) is 69.1 Å². The van der Waals surface area contributed by atoms with Gasteiger partial charge >= 0.3 is 0 Å². The first-order chi connectivity index (χ1) is 12.4. The second kappa shape index (κ2) is 8.30. The highest BCUT2D eigenvalue weighted by Gasteiger charge is 2.26. The summed E-state index contributed by atoms with van der Waals surface area (Å²) in [6, 6.07) is 4.62. The molecule has 146 valence electrons. The molecule has 0 heterocycles. The van der Waals surface area contributed by atoms with Crippen LogP contribution in [0.5, 0.6) is 0 Å². The van der Waals surface area contributed by atoms with Crippen molar-refractivity contribution in [3.8, 4) is 0 Å². The second-order valence-electron chi connectivity index (χ2n) is 8.40. The van der Waals surface area contributed by atoms with Gasteiger partial charge in [0.25, 0.3) is 0 Å². The smallest absolute Gasteiger partial charge is 0.214 e. The molecule has 0 aromatic heterocycles. The van der Waals surface area contributed by atoms with Crippen LogP contribution >= 0.6 is 0 Å². The zero-order valence-corrected chi connectivity index (χ0v) is 17.3. The van der Waals surface area contributed by atoms with Crippen LogP contribution in [-0.4, -0.2) is 26.3 Å². The Balaban J connectivity index is 1.52. The Morgan fingerprint density at radius 1 is 1.04 bits per heavy atom. The summed E-state index contributed by atoms with van der Waals surface area (Å²) in [5.41, 5.74) is 5.86. The molecule has 1 fully saturated rings. The number of sulfonamides is 1. The Bertz CT molecular complexity index is 720. The van der Waals surface area contributed by atoms with Crippen molar-refractivity contribution in [1.29, 1.82) is 0 Å². The number of hydrogen-bond donors (Lipinski definition) is 2. The summed E-state index contributed by atoms with van der Waals surface area (Å²) in [5, 5.41) is 3.36. The molecule has 5 heteroatoms. The van der Waals surface area contributed by atoms with E-state index in [0.717, 1.165) is 32.2 Å². The Morgan fingerprint density at radius 2 is 1.69 bits per heavy atom. The minimum atomic E-state index is -3.15. The third-order valence-corrected chi connectivity index (χ3v) is 8.05. The molecule has 0 atom stereocenters. The van der Waals surface area contributed by atoms with E-state index >= 15 is 0 Å². The highest BCUT2D eigenvalue weighted by atomic mass is 32.2. The van der Waals surface area contributed by atoms with Crippen molar-refractivity contribution in [1.82, 2.24) is 4.72 Å². The number of fused-ring (bicyclic) bond motifs is 1. The summed E-state index contributed by atoms with van der Waals surface area (Å²) in [6.45, 7) is 6.70.